The monoisotopic (exact) mass is 302 g/mol. The fraction of sp³-hybridized carbons (Fsp3) is 0.500. The largest absolute Gasteiger partial charge is 0.481 e. The van der Waals surface area contributed by atoms with Crippen LogP contribution < -0.4 is 4.74 Å². The summed E-state index contributed by atoms with van der Waals surface area (Å²) in [4.78, 5) is 17.3. The summed E-state index contributed by atoms with van der Waals surface area (Å²) in [5.41, 5.74) is 0.828. The van der Waals surface area contributed by atoms with Crippen molar-refractivity contribution in [3.05, 3.63) is 23.9 Å². The highest BCUT2D eigenvalue weighted by Gasteiger charge is 2.32. The highest BCUT2D eigenvalue weighted by Crippen LogP contribution is 2.22. The molecule has 1 saturated heterocycles. The number of carbonyl (C=O) groups is 1. The molecule has 0 saturated carbocycles. The quantitative estimate of drug-likeness (QED) is 0.750. The second-order valence-corrected chi connectivity index (χ2v) is 6.17. The van der Waals surface area contributed by atoms with E-state index in [-0.39, 0.29) is 18.9 Å². The number of rotatable bonds is 5. The second-order valence-electron chi connectivity index (χ2n) is 4.76. The van der Waals surface area contributed by atoms with Gasteiger partial charge >= 0.3 is 10.2 Å². The van der Waals surface area contributed by atoms with E-state index in [9.17, 15) is 17.1 Å². The lowest BCUT2D eigenvalue weighted by Gasteiger charge is -2.16. The maximum Gasteiger partial charge on any atom is 0.302 e. The van der Waals surface area contributed by atoms with E-state index in [2.05, 4.69) is 4.98 Å². The first-order valence-corrected chi connectivity index (χ1v) is 7.61. The van der Waals surface area contributed by atoms with Gasteiger partial charge in [0.15, 0.2) is 0 Å². The van der Waals surface area contributed by atoms with Crippen LogP contribution in [0.25, 0.3) is 0 Å². The van der Waals surface area contributed by atoms with E-state index in [0.29, 0.717) is 12.4 Å². The van der Waals surface area contributed by atoms with Crippen molar-refractivity contribution in [2.24, 2.45) is 5.92 Å². The summed E-state index contributed by atoms with van der Waals surface area (Å²) >= 11 is 0. The third kappa shape index (κ3) is 3.89. The number of aromatic nitrogens is 1. The molecule has 0 spiro atoms. The van der Waals surface area contributed by atoms with Crippen molar-refractivity contribution in [2.45, 2.75) is 13.0 Å². The van der Waals surface area contributed by atoms with Gasteiger partial charge in [-0.2, -0.15) is 8.42 Å². The lowest BCUT2D eigenvalue weighted by Crippen LogP contribution is -2.25. The molecular weight excluding hydrogens is 287 g/mol. The van der Waals surface area contributed by atoms with Crippen LogP contribution >= 0.6 is 0 Å². The van der Waals surface area contributed by atoms with Crippen LogP contribution in [0.15, 0.2) is 18.3 Å². The molecule has 0 aromatic carbocycles. The molecule has 8 heteroatoms. The van der Waals surface area contributed by atoms with Crippen LogP contribution in [-0.4, -0.2) is 43.6 Å². The standard InChI is InChI=1S/C12H15FN2O4S/c1-19-11-4-9(2-3-14-11)6-15-7-10(5-12(15)16)8-20(13,17)18/h2-4,10H,5-8H2,1H3. The third-order valence-corrected chi connectivity index (χ3v) is 3.98. The Bertz CT molecular complexity index is 605. The Morgan fingerprint density at radius 1 is 1.55 bits per heavy atom. The van der Waals surface area contributed by atoms with E-state index in [1.165, 1.54) is 12.0 Å². The number of halogens is 1. The Morgan fingerprint density at radius 2 is 2.30 bits per heavy atom. The number of amides is 1. The van der Waals surface area contributed by atoms with E-state index >= 15 is 0 Å². The molecule has 0 N–H and O–H groups in total. The second kappa shape index (κ2) is 5.74. The average molecular weight is 302 g/mol. The smallest absolute Gasteiger partial charge is 0.302 e. The lowest BCUT2D eigenvalue weighted by atomic mass is 10.1. The van der Waals surface area contributed by atoms with Crippen LogP contribution in [0.5, 0.6) is 5.88 Å². The minimum Gasteiger partial charge on any atom is -0.481 e. The minimum atomic E-state index is -4.55. The summed E-state index contributed by atoms with van der Waals surface area (Å²) in [5, 5.41) is 0. The lowest BCUT2D eigenvalue weighted by molar-refractivity contribution is -0.128. The number of likely N-dealkylation sites (tertiary alicyclic amines) is 1. The summed E-state index contributed by atoms with van der Waals surface area (Å²) in [5.74, 6) is -0.817. The third-order valence-electron chi connectivity index (χ3n) is 3.11. The Morgan fingerprint density at radius 3 is 2.95 bits per heavy atom. The van der Waals surface area contributed by atoms with E-state index < -0.39 is 21.9 Å². The molecule has 0 bridgehead atoms. The molecule has 6 nitrogen and oxygen atoms in total. The molecule has 1 aliphatic rings. The molecule has 1 aliphatic heterocycles. The van der Waals surface area contributed by atoms with Crippen molar-refractivity contribution in [3.63, 3.8) is 0 Å². The summed E-state index contributed by atoms with van der Waals surface area (Å²) in [6.45, 7) is 0.577. The van der Waals surface area contributed by atoms with Gasteiger partial charge in [-0.25, -0.2) is 4.98 Å². The summed E-state index contributed by atoms with van der Waals surface area (Å²) < 4.78 is 38.9. The van der Waals surface area contributed by atoms with Gasteiger partial charge in [-0.3, -0.25) is 4.79 Å². The maximum atomic E-state index is 12.6. The summed E-state index contributed by atoms with van der Waals surface area (Å²) in [6.07, 6.45) is 1.63. The normalized spacial score (nSPS) is 19.4. The molecule has 1 atom stereocenters. The molecular formula is C12H15FN2O4S. The number of hydrogen-bond acceptors (Lipinski definition) is 5. The van der Waals surface area contributed by atoms with E-state index in [1.54, 1.807) is 18.3 Å². The predicted molar refractivity (Wildman–Crippen MR) is 69.2 cm³/mol. The topological polar surface area (TPSA) is 76.6 Å². The van der Waals surface area contributed by atoms with E-state index in [0.717, 1.165) is 5.56 Å². The van der Waals surface area contributed by atoms with E-state index in [1.807, 2.05) is 0 Å². The fourth-order valence-corrected chi connectivity index (χ4v) is 3.07. The highest BCUT2D eigenvalue weighted by molar-refractivity contribution is 7.86. The molecule has 1 aromatic rings. The molecule has 110 valence electrons. The van der Waals surface area contributed by atoms with Gasteiger partial charge in [0.05, 0.1) is 12.9 Å². The zero-order valence-corrected chi connectivity index (χ0v) is 11.8. The zero-order valence-electron chi connectivity index (χ0n) is 11.0. The Hall–Kier alpha value is -1.70. The van der Waals surface area contributed by atoms with Gasteiger partial charge in [0.1, 0.15) is 0 Å². The minimum absolute atomic E-state index is 0.0609. The number of ether oxygens (including phenoxy) is 1. The molecule has 1 fully saturated rings. The van der Waals surface area contributed by atoms with Crippen LogP contribution in [0.2, 0.25) is 0 Å². The van der Waals surface area contributed by atoms with Crippen LogP contribution in [0.4, 0.5) is 3.89 Å². The fourth-order valence-electron chi connectivity index (χ4n) is 2.28. The molecule has 2 rings (SSSR count). The van der Waals surface area contributed by atoms with E-state index in [4.69, 9.17) is 4.74 Å². The molecule has 2 heterocycles. The zero-order chi connectivity index (χ0) is 14.8. The molecule has 20 heavy (non-hydrogen) atoms. The summed E-state index contributed by atoms with van der Waals surface area (Å²) in [6, 6.07) is 3.45. The van der Waals surface area contributed by atoms with Gasteiger partial charge in [-0.05, 0) is 11.6 Å². The van der Waals surface area contributed by atoms with Crippen molar-refractivity contribution >= 4 is 16.1 Å². The van der Waals surface area contributed by atoms with Gasteiger partial charge in [0.2, 0.25) is 11.8 Å². The Labute approximate surface area is 116 Å². The van der Waals surface area contributed by atoms with Gasteiger partial charge in [0, 0.05) is 37.7 Å². The van der Waals surface area contributed by atoms with Gasteiger partial charge in [-0.1, -0.05) is 0 Å². The van der Waals surface area contributed by atoms with Crippen molar-refractivity contribution in [3.8, 4) is 5.88 Å². The maximum absolute atomic E-state index is 12.6. The van der Waals surface area contributed by atoms with Crippen molar-refractivity contribution in [2.75, 3.05) is 19.4 Å². The Balaban J connectivity index is 2.01. The van der Waals surface area contributed by atoms with Crippen molar-refractivity contribution < 1.29 is 21.8 Å². The molecule has 1 unspecified atom stereocenters. The molecule has 0 radical (unpaired) electrons. The molecule has 1 amide bonds. The predicted octanol–water partition coefficient (Wildman–Crippen LogP) is 0.738. The first kappa shape index (κ1) is 14.7. The van der Waals surface area contributed by atoms with Gasteiger partial charge in [-0.15, -0.1) is 3.89 Å². The molecule has 1 aromatic heterocycles. The number of methoxy groups -OCH3 is 1. The van der Waals surface area contributed by atoms with Crippen molar-refractivity contribution in [1.29, 1.82) is 0 Å². The first-order valence-electron chi connectivity index (χ1n) is 6.06. The number of carbonyl (C=O) groups excluding carboxylic acids is 1. The average Bonchev–Trinajstić information content (AvgIpc) is 2.67. The van der Waals surface area contributed by atoms with Crippen LogP contribution in [-0.2, 0) is 21.6 Å². The Kier molecular flexibility index (Phi) is 4.22. The van der Waals surface area contributed by atoms with Gasteiger partial charge < -0.3 is 9.64 Å². The van der Waals surface area contributed by atoms with Crippen molar-refractivity contribution in [1.82, 2.24) is 9.88 Å². The first-order chi connectivity index (χ1) is 9.37. The number of nitrogens with zero attached hydrogens (tertiary/aromatic N) is 2. The van der Waals surface area contributed by atoms with Crippen LogP contribution in [0.3, 0.4) is 0 Å². The van der Waals surface area contributed by atoms with Gasteiger partial charge in [0.25, 0.3) is 0 Å². The SMILES string of the molecule is COc1cc(CN2CC(CS(=O)(=O)F)CC2=O)ccn1. The van der Waals surface area contributed by atoms with Crippen LogP contribution in [0.1, 0.15) is 12.0 Å². The van der Waals surface area contributed by atoms with Crippen LogP contribution in [0, 0.1) is 5.92 Å². The molecule has 0 aliphatic carbocycles. The summed E-state index contributed by atoms with van der Waals surface area (Å²) in [7, 11) is -3.05. The number of pyridine rings is 1. The number of hydrogen-bond donors (Lipinski definition) is 0. The highest BCUT2D eigenvalue weighted by atomic mass is 32.3.